The van der Waals surface area contributed by atoms with Crippen molar-refractivity contribution in [3.8, 4) is 5.75 Å². The van der Waals surface area contributed by atoms with Crippen molar-refractivity contribution in [1.29, 1.82) is 0 Å². The molecular formula is C18H21NO4. The van der Waals surface area contributed by atoms with E-state index < -0.39 is 0 Å². The summed E-state index contributed by atoms with van der Waals surface area (Å²) in [5, 5.41) is 4.90. The predicted molar refractivity (Wildman–Crippen MR) is 88.0 cm³/mol. The van der Waals surface area contributed by atoms with Gasteiger partial charge in [-0.2, -0.15) is 0 Å². The molecule has 1 fully saturated rings. The minimum Gasteiger partial charge on any atom is -0.493 e. The van der Waals surface area contributed by atoms with Crippen LogP contribution in [0.4, 0.5) is 0 Å². The maximum absolute atomic E-state index is 12.9. The standard InChI is InChI=1S/C18H21NO4/c1-3-23-15-9-8-12-6-4-5-7-13(12)17(15)18(20)19-14-10-22-11-16(14)21-2/h4-9,14,16H,3,10-11H2,1-2H3,(H,19,20)/t14-,16+/m1/s1. The van der Waals surface area contributed by atoms with E-state index in [0.717, 1.165) is 10.8 Å². The highest BCUT2D eigenvalue weighted by atomic mass is 16.5. The van der Waals surface area contributed by atoms with Crippen molar-refractivity contribution >= 4 is 16.7 Å². The van der Waals surface area contributed by atoms with E-state index in [1.807, 2.05) is 43.3 Å². The molecule has 1 amide bonds. The summed E-state index contributed by atoms with van der Waals surface area (Å²) in [6, 6.07) is 11.5. The van der Waals surface area contributed by atoms with Gasteiger partial charge in [0.05, 0.1) is 31.4 Å². The maximum Gasteiger partial charge on any atom is 0.256 e. The van der Waals surface area contributed by atoms with Crippen LogP contribution in [0.25, 0.3) is 10.8 Å². The molecular weight excluding hydrogens is 294 g/mol. The van der Waals surface area contributed by atoms with Crippen molar-refractivity contribution in [1.82, 2.24) is 5.32 Å². The normalized spacial score (nSPS) is 20.6. The second kappa shape index (κ2) is 6.98. The molecule has 2 atom stereocenters. The average molecular weight is 315 g/mol. The summed E-state index contributed by atoms with van der Waals surface area (Å²) in [7, 11) is 1.63. The summed E-state index contributed by atoms with van der Waals surface area (Å²) in [5.41, 5.74) is 0.562. The number of benzene rings is 2. The third kappa shape index (κ3) is 3.16. The molecule has 5 heteroatoms. The molecule has 3 rings (SSSR count). The molecule has 0 aliphatic carbocycles. The number of hydrogen-bond donors (Lipinski definition) is 1. The minimum atomic E-state index is -0.164. The van der Waals surface area contributed by atoms with Gasteiger partial charge in [0.2, 0.25) is 0 Å². The largest absolute Gasteiger partial charge is 0.493 e. The minimum absolute atomic E-state index is 0.121. The first-order valence-electron chi connectivity index (χ1n) is 7.80. The molecule has 1 aliphatic heterocycles. The van der Waals surface area contributed by atoms with Crippen LogP contribution in [0.5, 0.6) is 5.75 Å². The quantitative estimate of drug-likeness (QED) is 0.920. The molecule has 1 saturated heterocycles. The molecule has 0 saturated carbocycles. The summed E-state index contributed by atoms with van der Waals surface area (Å²) >= 11 is 0. The Labute approximate surface area is 135 Å². The number of fused-ring (bicyclic) bond motifs is 1. The van der Waals surface area contributed by atoms with E-state index in [1.54, 1.807) is 7.11 Å². The summed E-state index contributed by atoms with van der Waals surface area (Å²) < 4.78 is 16.4. The lowest BCUT2D eigenvalue weighted by molar-refractivity contribution is 0.0685. The SMILES string of the molecule is CCOc1ccc2ccccc2c1C(=O)N[C@@H]1COC[C@@H]1OC. The van der Waals surface area contributed by atoms with E-state index in [4.69, 9.17) is 14.2 Å². The molecule has 2 aromatic carbocycles. The van der Waals surface area contributed by atoms with Gasteiger partial charge in [0, 0.05) is 7.11 Å². The monoisotopic (exact) mass is 315 g/mol. The topological polar surface area (TPSA) is 56.8 Å². The summed E-state index contributed by atoms with van der Waals surface area (Å²) in [6.07, 6.45) is -0.121. The highest BCUT2D eigenvalue weighted by molar-refractivity contribution is 6.09. The zero-order chi connectivity index (χ0) is 16.2. The molecule has 0 radical (unpaired) electrons. The molecule has 2 aromatic rings. The van der Waals surface area contributed by atoms with Gasteiger partial charge in [-0.25, -0.2) is 0 Å². The zero-order valence-electron chi connectivity index (χ0n) is 13.4. The number of rotatable bonds is 5. The highest BCUT2D eigenvalue weighted by Crippen LogP contribution is 2.28. The number of methoxy groups -OCH3 is 1. The summed E-state index contributed by atoms with van der Waals surface area (Å²) in [5.74, 6) is 0.430. The Bertz CT molecular complexity index is 700. The van der Waals surface area contributed by atoms with Crippen molar-refractivity contribution in [2.24, 2.45) is 0 Å². The molecule has 1 heterocycles. The van der Waals surface area contributed by atoms with Gasteiger partial charge < -0.3 is 19.5 Å². The van der Waals surface area contributed by atoms with Crippen LogP contribution in [0, 0.1) is 0 Å². The van der Waals surface area contributed by atoms with Crippen LogP contribution in [-0.2, 0) is 9.47 Å². The van der Waals surface area contributed by atoms with Crippen LogP contribution >= 0.6 is 0 Å². The first kappa shape index (κ1) is 15.8. The maximum atomic E-state index is 12.9. The van der Waals surface area contributed by atoms with Crippen LogP contribution in [0.3, 0.4) is 0 Å². The van der Waals surface area contributed by atoms with Gasteiger partial charge in [-0.1, -0.05) is 30.3 Å². The van der Waals surface area contributed by atoms with Gasteiger partial charge in [-0.15, -0.1) is 0 Å². The average Bonchev–Trinajstić information content (AvgIpc) is 3.02. The van der Waals surface area contributed by atoms with Gasteiger partial charge in [-0.3, -0.25) is 4.79 Å². The van der Waals surface area contributed by atoms with Crippen molar-refractivity contribution in [2.75, 3.05) is 26.9 Å². The Morgan fingerprint density at radius 1 is 1.26 bits per heavy atom. The molecule has 0 unspecified atom stereocenters. The number of ether oxygens (including phenoxy) is 3. The molecule has 23 heavy (non-hydrogen) atoms. The van der Waals surface area contributed by atoms with E-state index in [-0.39, 0.29) is 18.1 Å². The predicted octanol–water partition coefficient (Wildman–Crippen LogP) is 2.38. The lowest BCUT2D eigenvalue weighted by Crippen LogP contribution is -2.43. The van der Waals surface area contributed by atoms with Gasteiger partial charge in [-0.05, 0) is 23.8 Å². The Morgan fingerprint density at radius 3 is 2.87 bits per heavy atom. The van der Waals surface area contributed by atoms with E-state index >= 15 is 0 Å². The van der Waals surface area contributed by atoms with E-state index in [9.17, 15) is 4.79 Å². The van der Waals surface area contributed by atoms with Gasteiger partial charge in [0.15, 0.2) is 0 Å². The molecule has 1 N–H and O–H groups in total. The first-order chi connectivity index (χ1) is 11.2. The Hall–Kier alpha value is -2.11. The summed E-state index contributed by atoms with van der Waals surface area (Å²) in [6.45, 7) is 3.36. The van der Waals surface area contributed by atoms with E-state index in [0.29, 0.717) is 31.1 Å². The van der Waals surface area contributed by atoms with E-state index in [1.165, 1.54) is 0 Å². The van der Waals surface area contributed by atoms with Crippen molar-refractivity contribution < 1.29 is 19.0 Å². The summed E-state index contributed by atoms with van der Waals surface area (Å²) in [4.78, 5) is 12.9. The Morgan fingerprint density at radius 2 is 2.09 bits per heavy atom. The fraction of sp³-hybridized carbons (Fsp3) is 0.389. The number of carbonyl (C=O) groups is 1. The van der Waals surface area contributed by atoms with Crippen molar-refractivity contribution in [2.45, 2.75) is 19.1 Å². The Kier molecular flexibility index (Phi) is 4.79. The number of carbonyl (C=O) groups excluding carboxylic acids is 1. The third-order valence-corrected chi connectivity index (χ3v) is 4.07. The molecule has 5 nitrogen and oxygen atoms in total. The third-order valence-electron chi connectivity index (χ3n) is 4.07. The first-order valence-corrected chi connectivity index (χ1v) is 7.80. The Balaban J connectivity index is 1.96. The van der Waals surface area contributed by atoms with Crippen molar-refractivity contribution in [3.05, 3.63) is 42.0 Å². The molecule has 1 aliphatic rings. The van der Waals surface area contributed by atoms with Gasteiger partial charge in [0.1, 0.15) is 11.9 Å². The van der Waals surface area contributed by atoms with Gasteiger partial charge >= 0.3 is 0 Å². The smallest absolute Gasteiger partial charge is 0.256 e. The second-order valence-corrected chi connectivity index (χ2v) is 5.48. The number of amides is 1. The fourth-order valence-corrected chi connectivity index (χ4v) is 2.90. The van der Waals surface area contributed by atoms with Crippen LogP contribution in [0.1, 0.15) is 17.3 Å². The van der Waals surface area contributed by atoms with Crippen LogP contribution < -0.4 is 10.1 Å². The fourth-order valence-electron chi connectivity index (χ4n) is 2.90. The van der Waals surface area contributed by atoms with Crippen LogP contribution in [0.15, 0.2) is 36.4 Å². The molecule has 0 bridgehead atoms. The zero-order valence-corrected chi connectivity index (χ0v) is 13.4. The molecule has 122 valence electrons. The van der Waals surface area contributed by atoms with Crippen LogP contribution in [0.2, 0.25) is 0 Å². The molecule has 0 spiro atoms. The van der Waals surface area contributed by atoms with Crippen LogP contribution in [-0.4, -0.2) is 45.0 Å². The highest BCUT2D eigenvalue weighted by Gasteiger charge is 2.30. The second-order valence-electron chi connectivity index (χ2n) is 5.48. The number of hydrogen-bond acceptors (Lipinski definition) is 4. The number of nitrogens with one attached hydrogen (secondary N) is 1. The van der Waals surface area contributed by atoms with Gasteiger partial charge in [0.25, 0.3) is 5.91 Å². The lowest BCUT2D eigenvalue weighted by atomic mass is 10.0. The van der Waals surface area contributed by atoms with Crippen molar-refractivity contribution in [3.63, 3.8) is 0 Å². The lowest BCUT2D eigenvalue weighted by Gasteiger charge is -2.19. The van der Waals surface area contributed by atoms with E-state index in [2.05, 4.69) is 5.32 Å². The molecule has 0 aromatic heterocycles.